The lowest BCUT2D eigenvalue weighted by molar-refractivity contribution is -0.134. The molecule has 0 radical (unpaired) electrons. The fourth-order valence-electron chi connectivity index (χ4n) is 4.54. The first kappa shape index (κ1) is 24.1. The van der Waals surface area contributed by atoms with Crippen LogP contribution in [0.3, 0.4) is 0 Å². The summed E-state index contributed by atoms with van der Waals surface area (Å²) < 4.78 is 0. The van der Waals surface area contributed by atoms with E-state index in [0.717, 1.165) is 6.42 Å². The zero-order chi connectivity index (χ0) is 18.6. The maximum absolute atomic E-state index is 12.8. The summed E-state index contributed by atoms with van der Waals surface area (Å²) in [5, 5.41) is 0. The van der Waals surface area contributed by atoms with Crippen molar-refractivity contribution in [3.05, 3.63) is 0 Å². The van der Waals surface area contributed by atoms with Crippen LogP contribution in [0.2, 0.25) is 0 Å². The highest BCUT2D eigenvalue weighted by molar-refractivity contribution is 9.09. The molecule has 0 aliphatic rings. The van der Waals surface area contributed by atoms with Crippen LogP contribution < -0.4 is 0 Å². The van der Waals surface area contributed by atoms with Crippen LogP contribution in [0.1, 0.15) is 112 Å². The molecule has 24 heavy (non-hydrogen) atoms. The Bertz CT molecular complexity index is 320. The molecule has 0 amide bonds. The van der Waals surface area contributed by atoms with Crippen molar-refractivity contribution >= 4 is 21.7 Å². The van der Waals surface area contributed by atoms with Gasteiger partial charge in [-0.3, -0.25) is 4.79 Å². The van der Waals surface area contributed by atoms with E-state index in [0.29, 0.717) is 22.4 Å². The highest BCUT2D eigenvalue weighted by Crippen LogP contribution is 2.46. The van der Waals surface area contributed by atoms with Crippen LogP contribution in [0.15, 0.2) is 0 Å². The number of alkyl halides is 1. The Morgan fingerprint density at radius 1 is 0.875 bits per heavy atom. The van der Waals surface area contributed by atoms with Crippen molar-refractivity contribution in [2.24, 2.45) is 17.3 Å². The molecule has 2 heteroatoms. The van der Waals surface area contributed by atoms with E-state index in [4.69, 9.17) is 0 Å². The molecule has 0 aromatic heterocycles. The summed E-state index contributed by atoms with van der Waals surface area (Å²) >= 11 is 3.83. The predicted molar refractivity (Wildman–Crippen MR) is 112 cm³/mol. The smallest absolute Gasteiger partial charge is 0.136 e. The number of carbonyl (C=O) groups excluding carboxylic acids is 1. The lowest BCUT2D eigenvalue weighted by Crippen LogP contribution is -2.42. The second-order valence-corrected chi connectivity index (χ2v) is 9.31. The minimum atomic E-state index is -0.1000. The molecule has 0 bridgehead atoms. The van der Waals surface area contributed by atoms with Gasteiger partial charge in [-0.1, -0.05) is 89.1 Å². The zero-order valence-electron chi connectivity index (χ0n) is 17.3. The van der Waals surface area contributed by atoms with Crippen LogP contribution in [0.25, 0.3) is 0 Å². The minimum Gasteiger partial charge on any atom is -0.299 e. The van der Waals surface area contributed by atoms with Gasteiger partial charge in [0.1, 0.15) is 5.78 Å². The van der Waals surface area contributed by atoms with E-state index in [1.807, 2.05) is 6.92 Å². The zero-order valence-corrected chi connectivity index (χ0v) is 18.9. The van der Waals surface area contributed by atoms with Crippen LogP contribution >= 0.6 is 15.9 Å². The predicted octanol–water partition coefficient (Wildman–Crippen LogP) is 7.95. The number of halogens is 1. The number of hydrogen-bond acceptors (Lipinski definition) is 1. The lowest BCUT2D eigenvalue weighted by atomic mass is 9.60. The third kappa shape index (κ3) is 7.58. The molecule has 0 saturated carbocycles. The second-order valence-electron chi connectivity index (χ2n) is 8.01. The van der Waals surface area contributed by atoms with Gasteiger partial charge in [0.05, 0.1) is 0 Å². The number of carbonyl (C=O) groups is 1. The Kier molecular flexibility index (Phi) is 13.5. The van der Waals surface area contributed by atoms with E-state index < -0.39 is 0 Å². The number of Topliss-reactive ketones (excluding diaryl/α,β-unsaturated/α-hetero) is 1. The molecule has 0 aromatic rings. The summed E-state index contributed by atoms with van der Waals surface area (Å²) in [5.41, 5.74) is -0.1000. The lowest BCUT2D eigenvalue weighted by Gasteiger charge is -2.43. The van der Waals surface area contributed by atoms with Crippen LogP contribution in [0.4, 0.5) is 0 Å². The Morgan fingerprint density at radius 3 is 1.83 bits per heavy atom. The maximum atomic E-state index is 12.8. The molecule has 144 valence electrons. The summed E-state index contributed by atoms with van der Waals surface area (Å²) in [6.07, 6.45) is 13.4. The van der Waals surface area contributed by atoms with Crippen molar-refractivity contribution in [3.63, 3.8) is 0 Å². The third-order valence-corrected chi connectivity index (χ3v) is 6.83. The van der Waals surface area contributed by atoms with E-state index in [-0.39, 0.29) is 5.41 Å². The first-order valence-electron chi connectivity index (χ1n) is 10.5. The molecule has 0 aliphatic heterocycles. The van der Waals surface area contributed by atoms with Crippen LogP contribution in [0, 0.1) is 17.3 Å². The van der Waals surface area contributed by atoms with Crippen LogP contribution in [0.5, 0.6) is 0 Å². The van der Waals surface area contributed by atoms with Crippen molar-refractivity contribution in [2.45, 2.75) is 117 Å². The van der Waals surface area contributed by atoms with E-state index in [9.17, 15) is 4.79 Å². The van der Waals surface area contributed by atoms with Crippen molar-refractivity contribution in [1.29, 1.82) is 0 Å². The molecule has 0 rings (SSSR count). The third-order valence-electron chi connectivity index (χ3n) is 5.92. The molecular formula is C22H43BrO. The molecule has 2 unspecified atom stereocenters. The molecule has 0 N–H and O–H groups in total. The topological polar surface area (TPSA) is 17.1 Å². The largest absolute Gasteiger partial charge is 0.299 e. The van der Waals surface area contributed by atoms with Gasteiger partial charge in [-0.2, -0.15) is 0 Å². The van der Waals surface area contributed by atoms with Crippen molar-refractivity contribution < 1.29 is 4.79 Å². The van der Waals surface area contributed by atoms with Gasteiger partial charge in [-0.25, -0.2) is 0 Å². The number of unbranched alkanes of at least 4 members (excludes halogenated alkanes) is 2. The molecule has 0 aromatic carbocycles. The first-order chi connectivity index (χ1) is 11.4. The Hall–Kier alpha value is 0.150. The highest BCUT2D eigenvalue weighted by atomic mass is 79.9. The number of ketones is 1. The van der Waals surface area contributed by atoms with Crippen LogP contribution in [-0.4, -0.2) is 10.6 Å². The Labute approximate surface area is 160 Å². The van der Waals surface area contributed by atoms with E-state index in [2.05, 4.69) is 50.5 Å². The fourth-order valence-corrected chi connectivity index (χ4v) is 5.19. The Balaban J connectivity index is 4.86. The number of hydrogen-bond donors (Lipinski definition) is 0. The van der Waals surface area contributed by atoms with Crippen molar-refractivity contribution in [2.75, 3.05) is 0 Å². The average Bonchev–Trinajstić information content (AvgIpc) is 2.52. The monoisotopic (exact) mass is 402 g/mol. The molecule has 0 spiro atoms. The summed E-state index contributed by atoms with van der Waals surface area (Å²) in [4.78, 5) is 13.4. The first-order valence-corrected chi connectivity index (χ1v) is 11.4. The summed E-state index contributed by atoms with van der Waals surface area (Å²) in [6.45, 7) is 13.2. The van der Waals surface area contributed by atoms with Crippen molar-refractivity contribution in [3.8, 4) is 0 Å². The fraction of sp³-hybridized carbons (Fsp3) is 0.955. The van der Waals surface area contributed by atoms with Gasteiger partial charge in [0.2, 0.25) is 0 Å². The molecule has 2 atom stereocenters. The van der Waals surface area contributed by atoms with Gasteiger partial charge in [0, 0.05) is 10.2 Å². The molecule has 0 aliphatic carbocycles. The summed E-state index contributed by atoms with van der Waals surface area (Å²) in [5.74, 6) is 1.44. The van der Waals surface area contributed by atoms with Gasteiger partial charge in [-0.15, -0.1) is 0 Å². The highest BCUT2D eigenvalue weighted by Gasteiger charge is 2.44. The molecular weight excluding hydrogens is 360 g/mol. The van der Waals surface area contributed by atoms with Crippen LogP contribution in [-0.2, 0) is 4.79 Å². The maximum Gasteiger partial charge on any atom is 0.136 e. The van der Waals surface area contributed by atoms with Gasteiger partial charge in [0.25, 0.3) is 0 Å². The SMILES string of the molecule is CCCCC(Br)CCCCC(C(C)=O)(C(C)C)C(CCC)CCC. The summed E-state index contributed by atoms with van der Waals surface area (Å²) in [6, 6.07) is 0. The normalized spacial score (nSPS) is 15.7. The average molecular weight is 403 g/mol. The standard InChI is InChI=1S/C22H43BrO/c1-7-10-15-21(23)16-11-12-17-22(18(4)5,19(6)24)20(13-8-2)14-9-3/h18,20-21H,7-17H2,1-6H3. The molecule has 0 saturated heterocycles. The quantitative estimate of drug-likeness (QED) is 0.200. The molecule has 0 heterocycles. The van der Waals surface area contributed by atoms with Gasteiger partial charge < -0.3 is 0 Å². The number of rotatable bonds is 15. The second kappa shape index (κ2) is 13.4. The van der Waals surface area contributed by atoms with Gasteiger partial charge in [0.15, 0.2) is 0 Å². The van der Waals surface area contributed by atoms with Gasteiger partial charge >= 0.3 is 0 Å². The summed E-state index contributed by atoms with van der Waals surface area (Å²) in [7, 11) is 0. The Morgan fingerprint density at radius 2 is 1.42 bits per heavy atom. The van der Waals surface area contributed by atoms with E-state index in [1.54, 1.807) is 0 Å². The minimum absolute atomic E-state index is 0.1000. The van der Waals surface area contributed by atoms with E-state index in [1.165, 1.54) is 64.2 Å². The molecule has 0 fully saturated rings. The van der Waals surface area contributed by atoms with Crippen molar-refractivity contribution in [1.82, 2.24) is 0 Å². The van der Waals surface area contributed by atoms with E-state index >= 15 is 0 Å². The van der Waals surface area contributed by atoms with Gasteiger partial charge in [-0.05, 0) is 50.9 Å². The molecule has 1 nitrogen and oxygen atoms in total.